The molecular weight excluding hydrogens is 272 g/mol. The number of benzene rings is 1. The maximum atomic E-state index is 6.01. The van der Waals surface area contributed by atoms with Crippen molar-refractivity contribution in [2.24, 2.45) is 5.92 Å². The van der Waals surface area contributed by atoms with Gasteiger partial charge in [0.1, 0.15) is 5.82 Å². The van der Waals surface area contributed by atoms with Crippen molar-refractivity contribution in [2.75, 3.05) is 13.2 Å². The maximum Gasteiger partial charge on any atom is 0.124 e. The van der Waals surface area contributed by atoms with Gasteiger partial charge in [-0.05, 0) is 37.0 Å². The molecule has 0 aliphatic rings. The summed E-state index contributed by atoms with van der Waals surface area (Å²) < 4.78 is 7.85. The minimum Gasteiger partial charge on any atom is -0.381 e. The number of rotatable bonds is 7. The van der Waals surface area contributed by atoms with Gasteiger partial charge in [0, 0.05) is 19.8 Å². The summed E-state index contributed by atoms with van der Waals surface area (Å²) >= 11 is 6.01. The Morgan fingerprint density at radius 3 is 2.85 bits per heavy atom. The fourth-order valence-corrected chi connectivity index (χ4v) is 2.48. The van der Waals surface area contributed by atoms with Crippen molar-refractivity contribution in [1.29, 1.82) is 0 Å². The highest BCUT2D eigenvalue weighted by atomic mass is 35.5. The van der Waals surface area contributed by atoms with E-state index < -0.39 is 0 Å². The predicted molar refractivity (Wildman–Crippen MR) is 84.3 cm³/mol. The number of ether oxygens (including phenoxy) is 1. The van der Waals surface area contributed by atoms with Crippen LogP contribution in [0.2, 0.25) is 0 Å². The van der Waals surface area contributed by atoms with Crippen molar-refractivity contribution < 1.29 is 4.74 Å². The molecule has 3 nitrogen and oxygen atoms in total. The third kappa shape index (κ3) is 3.74. The van der Waals surface area contributed by atoms with Gasteiger partial charge in [-0.3, -0.25) is 0 Å². The van der Waals surface area contributed by atoms with Gasteiger partial charge in [-0.25, -0.2) is 4.98 Å². The Labute approximate surface area is 125 Å². The molecule has 0 fully saturated rings. The lowest BCUT2D eigenvalue weighted by Gasteiger charge is -2.09. The second kappa shape index (κ2) is 7.09. The monoisotopic (exact) mass is 294 g/mol. The summed E-state index contributed by atoms with van der Waals surface area (Å²) in [6.07, 6.45) is 0.982. The Balaban J connectivity index is 2.06. The molecule has 0 radical (unpaired) electrons. The van der Waals surface area contributed by atoms with Crippen LogP contribution in [0.3, 0.4) is 0 Å². The Bertz CT molecular complexity index is 563. The Morgan fingerprint density at radius 2 is 2.15 bits per heavy atom. The van der Waals surface area contributed by atoms with E-state index >= 15 is 0 Å². The quantitative estimate of drug-likeness (QED) is 0.567. The van der Waals surface area contributed by atoms with Crippen LogP contribution in [0.15, 0.2) is 18.2 Å². The van der Waals surface area contributed by atoms with Crippen molar-refractivity contribution in [3.05, 3.63) is 29.6 Å². The standard InChI is InChI=1S/C16H23ClN2O/c1-12(2)11-20-8-4-7-19-15-9-13(3)5-6-14(15)18-16(19)10-17/h5-6,9,12H,4,7-8,10-11H2,1-3H3. The molecule has 1 heterocycles. The molecule has 0 aliphatic carbocycles. The first-order valence-corrected chi connectivity index (χ1v) is 7.74. The molecule has 0 saturated heterocycles. The van der Waals surface area contributed by atoms with Gasteiger partial charge in [-0.15, -0.1) is 11.6 Å². The minimum absolute atomic E-state index is 0.445. The molecule has 0 spiro atoms. The average molecular weight is 295 g/mol. The Morgan fingerprint density at radius 1 is 1.35 bits per heavy atom. The van der Waals surface area contributed by atoms with Crippen molar-refractivity contribution in [3.63, 3.8) is 0 Å². The summed E-state index contributed by atoms with van der Waals surface area (Å²) in [4.78, 5) is 4.59. The molecule has 0 atom stereocenters. The molecule has 0 aliphatic heterocycles. The van der Waals surface area contributed by atoms with E-state index in [0.29, 0.717) is 11.8 Å². The summed E-state index contributed by atoms with van der Waals surface area (Å²) in [5.74, 6) is 1.97. The molecule has 0 N–H and O–H groups in total. The van der Waals surface area contributed by atoms with E-state index in [1.165, 1.54) is 11.1 Å². The first kappa shape index (κ1) is 15.3. The molecule has 2 rings (SSSR count). The third-order valence-corrected chi connectivity index (χ3v) is 3.46. The summed E-state index contributed by atoms with van der Waals surface area (Å²) in [5.41, 5.74) is 3.44. The SMILES string of the molecule is Cc1ccc2nc(CCl)n(CCCOCC(C)C)c2c1. The zero-order valence-electron chi connectivity index (χ0n) is 12.5. The highest BCUT2D eigenvalue weighted by Crippen LogP contribution is 2.19. The number of aryl methyl sites for hydroxylation is 2. The second-order valence-electron chi connectivity index (χ2n) is 5.63. The van der Waals surface area contributed by atoms with Crippen molar-refractivity contribution in [2.45, 2.75) is 39.6 Å². The molecule has 1 aromatic carbocycles. The summed E-state index contributed by atoms with van der Waals surface area (Å²) in [6.45, 7) is 8.94. The van der Waals surface area contributed by atoms with Crippen LogP contribution in [0.5, 0.6) is 0 Å². The number of hydrogen-bond acceptors (Lipinski definition) is 2. The molecule has 0 saturated carbocycles. The van der Waals surface area contributed by atoms with E-state index in [1.54, 1.807) is 0 Å². The predicted octanol–water partition coefficient (Wildman–Crippen LogP) is 4.15. The van der Waals surface area contributed by atoms with Gasteiger partial charge < -0.3 is 9.30 Å². The van der Waals surface area contributed by atoms with Gasteiger partial charge in [0.15, 0.2) is 0 Å². The maximum absolute atomic E-state index is 6.01. The molecular formula is C16H23ClN2O. The van der Waals surface area contributed by atoms with Crippen LogP contribution in [-0.4, -0.2) is 22.8 Å². The first-order valence-electron chi connectivity index (χ1n) is 7.21. The lowest BCUT2D eigenvalue weighted by Crippen LogP contribution is -2.08. The van der Waals surface area contributed by atoms with Crippen molar-refractivity contribution >= 4 is 22.6 Å². The molecule has 4 heteroatoms. The second-order valence-corrected chi connectivity index (χ2v) is 5.90. The lowest BCUT2D eigenvalue weighted by molar-refractivity contribution is 0.105. The first-order chi connectivity index (χ1) is 9.61. The van der Waals surface area contributed by atoms with Crippen LogP contribution in [0.4, 0.5) is 0 Å². The number of fused-ring (bicyclic) bond motifs is 1. The van der Waals surface area contributed by atoms with Crippen molar-refractivity contribution in [1.82, 2.24) is 9.55 Å². The number of hydrogen-bond donors (Lipinski definition) is 0. The Hall–Kier alpha value is -1.06. The largest absolute Gasteiger partial charge is 0.381 e. The average Bonchev–Trinajstić information content (AvgIpc) is 2.75. The summed E-state index contributed by atoms with van der Waals surface area (Å²) in [7, 11) is 0. The molecule has 0 amide bonds. The highest BCUT2D eigenvalue weighted by Gasteiger charge is 2.09. The van der Waals surface area contributed by atoms with Gasteiger partial charge in [0.05, 0.1) is 16.9 Å². The summed E-state index contributed by atoms with van der Waals surface area (Å²) in [5, 5.41) is 0. The van der Waals surface area contributed by atoms with Crippen LogP contribution in [0.1, 0.15) is 31.7 Å². The molecule has 0 unspecified atom stereocenters. The number of alkyl halides is 1. The fraction of sp³-hybridized carbons (Fsp3) is 0.562. The normalized spacial score (nSPS) is 11.7. The number of nitrogens with zero attached hydrogens (tertiary/aromatic N) is 2. The topological polar surface area (TPSA) is 27.1 Å². The smallest absolute Gasteiger partial charge is 0.124 e. The van der Waals surface area contributed by atoms with Crippen LogP contribution in [0, 0.1) is 12.8 Å². The van der Waals surface area contributed by atoms with Gasteiger partial charge in [0.2, 0.25) is 0 Å². The zero-order valence-corrected chi connectivity index (χ0v) is 13.3. The molecule has 110 valence electrons. The van der Waals surface area contributed by atoms with Gasteiger partial charge in [-0.1, -0.05) is 19.9 Å². The van der Waals surface area contributed by atoms with E-state index in [2.05, 4.69) is 48.5 Å². The van der Waals surface area contributed by atoms with Gasteiger partial charge in [-0.2, -0.15) is 0 Å². The van der Waals surface area contributed by atoms with Crippen LogP contribution in [-0.2, 0) is 17.2 Å². The zero-order chi connectivity index (χ0) is 14.5. The third-order valence-electron chi connectivity index (χ3n) is 3.22. The van der Waals surface area contributed by atoms with Gasteiger partial charge >= 0.3 is 0 Å². The van der Waals surface area contributed by atoms with Crippen LogP contribution in [0.25, 0.3) is 11.0 Å². The number of imidazole rings is 1. The molecule has 1 aromatic heterocycles. The molecule has 20 heavy (non-hydrogen) atoms. The molecule has 0 bridgehead atoms. The van der Waals surface area contributed by atoms with Crippen LogP contribution >= 0.6 is 11.6 Å². The van der Waals surface area contributed by atoms with E-state index in [-0.39, 0.29) is 0 Å². The Kier molecular flexibility index (Phi) is 5.44. The van der Waals surface area contributed by atoms with E-state index in [0.717, 1.165) is 37.5 Å². The number of halogens is 1. The van der Waals surface area contributed by atoms with Gasteiger partial charge in [0.25, 0.3) is 0 Å². The highest BCUT2D eigenvalue weighted by molar-refractivity contribution is 6.16. The van der Waals surface area contributed by atoms with E-state index in [4.69, 9.17) is 16.3 Å². The van der Waals surface area contributed by atoms with E-state index in [9.17, 15) is 0 Å². The van der Waals surface area contributed by atoms with Crippen LogP contribution < -0.4 is 0 Å². The van der Waals surface area contributed by atoms with Crippen molar-refractivity contribution in [3.8, 4) is 0 Å². The van der Waals surface area contributed by atoms with E-state index in [1.807, 2.05) is 0 Å². The minimum atomic E-state index is 0.445. The summed E-state index contributed by atoms with van der Waals surface area (Å²) in [6, 6.07) is 6.32. The fourth-order valence-electron chi connectivity index (χ4n) is 2.28. The molecule has 2 aromatic rings. The lowest BCUT2D eigenvalue weighted by atomic mass is 10.2. The number of aromatic nitrogens is 2.